The highest BCUT2D eigenvalue weighted by atomic mass is 16.5. The Bertz CT molecular complexity index is 161. The van der Waals surface area contributed by atoms with Crippen LogP contribution in [0, 0.1) is 5.92 Å². The zero-order valence-electron chi connectivity index (χ0n) is 11.1. The van der Waals surface area contributed by atoms with Gasteiger partial charge in [0.1, 0.15) is 0 Å². The van der Waals surface area contributed by atoms with Crippen LogP contribution in [0.15, 0.2) is 0 Å². The van der Waals surface area contributed by atoms with E-state index in [9.17, 15) is 0 Å². The van der Waals surface area contributed by atoms with Crippen LogP contribution in [0.25, 0.3) is 0 Å². The van der Waals surface area contributed by atoms with E-state index in [1.54, 1.807) is 0 Å². The first-order valence-electron chi connectivity index (χ1n) is 7.13. The second-order valence-electron chi connectivity index (χ2n) is 5.10. The van der Waals surface area contributed by atoms with Crippen molar-refractivity contribution in [2.75, 3.05) is 20.2 Å². The van der Waals surface area contributed by atoms with Gasteiger partial charge >= 0.3 is 0 Å². The summed E-state index contributed by atoms with van der Waals surface area (Å²) < 4.78 is 5.97. The lowest BCUT2D eigenvalue weighted by atomic mass is 9.85. The van der Waals surface area contributed by atoms with Gasteiger partial charge in [-0.15, -0.1) is 0 Å². The molecule has 0 heterocycles. The van der Waals surface area contributed by atoms with Crippen molar-refractivity contribution in [2.24, 2.45) is 5.92 Å². The van der Waals surface area contributed by atoms with Gasteiger partial charge in [-0.2, -0.15) is 0 Å². The van der Waals surface area contributed by atoms with Gasteiger partial charge < -0.3 is 10.1 Å². The predicted octanol–water partition coefficient (Wildman–Crippen LogP) is 3.36. The minimum atomic E-state index is 0.572. The van der Waals surface area contributed by atoms with Crippen molar-refractivity contribution in [3.05, 3.63) is 0 Å². The van der Waals surface area contributed by atoms with Gasteiger partial charge in [-0.25, -0.2) is 0 Å². The first kappa shape index (κ1) is 14.0. The molecule has 0 spiro atoms. The molecule has 0 bridgehead atoms. The molecule has 96 valence electrons. The number of ether oxygens (including phenoxy) is 1. The van der Waals surface area contributed by atoms with Crippen LogP contribution in [0.3, 0.4) is 0 Å². The Hall–Kier alpha value is -0.0800. The zero-order valence-corrected chi connectivity index (χ0v) is 11.1. The smallest absolute Gasteiger partial charge is 0.0577 e. The van der Waals surface area contributed by atoms with Crippen molar-refractivity contribution >= 4 is 0 Å². The van der Waals surface area contributed by atoms with Gasteiger partial charge in [-0.05, 0) is 51.6 Å². The van der Waals surface area contributed by atoms with Crippen molar-refractivity contribution < 1.29 is 4.74 Å². The quantitative estimate of drug-likeness (QED) is 0.642. The summed E-state index contributed by atoms with van der Waals surface area (Å²) in [6.07, 6.45) is 11.1. The van der Waals surface area contributed by atoms with Crippen LogP contribution >= 0.6 is 0 Å². The largest absolute Gasteiger partial charge is 0.378 e. The summed E-state index contributed by atoms with van der Waals surface area (Å²) in [5.41, 5.74) is 0. The minimum absolute atomic E-state index is 0.572. The van der Waals surface area contributed by atoms with Crippen molar-refractivity contribution in [1.82, 2.24) is 5.32 Å². The number of unbranched alkanes of at least 4 members (excludes halogenated alkanes) is 2. The Kier molecular flexibility index (Phi) is 7.87. The van der Waals surface area contributed by atoms with Crippen molar-refractivity contribution in [1.29, 1.82) is 0 Å². The van der Waals surface area contributed by atoms with E-state index < -0.39 is 0 Å². The first-order valence-corrected chi connectivity index (χ1v) is 7.13. The molecule has 1 fully saturated rings. The SMILES string of the molecule is CCC1CCCC(OCCCCCNC)C1. The van der Waals surface area contributed by atoms with Crippen LogP contribution in [0.4, 0.5) is 0 Å². The number of rotatable bonds is 8. The molecule has 0 radical (unpaired) electrons. The van der Waals surface area contributed by atoms with Crippen LogP contribution < -0.4 is 5.32 Å². The van der Waals surface area contributed by atoms with Gasteiger partial charge in [0.05, 0.1) is 6.10 Å². The maximum atomic E-state index is 5.97. The van der Waals surface area contributed by atoms with Gasteiger partial charge in [-0.1, -0.05) is 26.2 Å². The normalized spacial score (nSPS) is 25.9. The molecule has 0 saturated heterocycles. The first-order chi connectivity index (χ1) is 7.86. The van der Waals surface area contributed by atoms with E-state index in [0.29, 0.717) is 6.10 Å². The Labute approximate surface area is 101 Å². The monoisotopic (exact) mass is 227 g/mol. The van der Waals surface area contributed by atoms with Crippen LogP contribution in [0.1, 0.15) is 58.3 Å². The maximum Gasteiger partial charge on any atom is 0.0577 e. The molecule has 0 aromatic heterocycles. The Balaban J connectivity index is 1.95. The van der Waals surface area contributed by atoms with E-state index in [0.717, 1.165) is 19.1 Å². The second kappa shape index (κ2) is 9.00. The van der Waals surface area contributed by atoms with E-state index in [1.165, 1.54) is 51.4 Å². The third-order valence-corrected chi connectivity index (χ3v) is 3.74. The average Bonchev–Trinajstić information content (AvgIpc) is 2.34. The fourth-order valence-corrected chi connectivity index (χ4v) is 2.59. The van der Waals surface area contributed by atoms with Gasteiger partial charge in [-0.3, -0.25) is 0 Å². The molecule has 1 saturated carbocycles. The standard InChI is InChI=1S/C14H29NO/c1-3-13-8-7-9-14(12-13)16-11-6-4-5-10-15-2/h13-15H,3-12H2,1-2H3. The second-order valence-corrected chi connectivity index (χ2v) is 5.10. The molecule has 1 aliphatic rings. The van der Waals surface area contributed by atoms with E-state index in [4.69, 9.17) is 4.74 Å². The Morgan fingerprint density at radius 2 is 2.06 bits per heavy atom. The van der Waals surface area contributed by atoms with Crippen LogP contribution in [-0.4, -0.2) is 26.3 Å². The molecule has 0 aromatic rings. The van der Waals surface area contributed by atoms with Crippen LogP contribution in [0.5, 0.6) is 0 Å². The molecule has 1 rings (SSSR count). The number of hydrogen-bond donors (Lipinski definition) is 1. The molecular formula is C14H29NO. The zero-order chi connectivity index (χ0) is 11.6. The molecule has 1 aliphatic carbocycles. The summed E-state index contributed by atoms with van der Waals surface area (Å²) in [7, 11) is 2.02. The highest BCUT2D eigenvalue weighted by molar-refractivity contribution is 4.72. The summed E-state index contributed by atoms with van der Waals surface area (Å²) in [5, 5.41) is 3.18. The third kappa shape index (κ3) is 5.86. The molecule has 0 aromatic carbocycles. The van der Waals surface area contributed by atoms with Crippen LogP contribution in [0.2, 0.25) is 0 Å². The van der Waals surface area contributed by atoms with E-state index in [2.05, 4.69) is 12.2 Å². The van der Waals surface area contributed by atoms with Gasteiger partial charge in [0.25, 0.3) is 0 Å². The molecule has 2 nitrogen and oxygen atoms in total. The lowest BCUT2D eigenvalue weighted by Crippen LogP contribution is -2.23. The maximum absolute atomic E-state index is 5.97. The predicted molar refractivity (Wildman–Crippen MR) is 69.8 cm³/mol. The van der Waals surface area contributed by atoms with E-state index in [-0.39, 0.29) is 0 Å². The fraction of sp³-hybridized carbons (Fsp3) is 1.00. The van der Waals surface area contributed by atoms with Crippen molar-refractivity contribution in [3.8, 4) is 0 Å². The highest BCUT2D eigenvalue weighted by Crippen LogP contribution is 2.28. The third-order valence-electron chi connectivity index (χ3n) is 3.74. The average molecular weight is 227 g/mol. The van der Waals surface area contributed by atoms with E-state index in [1.807, 2.05) is 7.05 Å². The minimum Gasteiger partial charge on any atom is -0.378 e. The number of hydrogen-bond acceptors (Lipinski definition) is 2. The fourth-order valence-electron chi connectivity index (χ4n) is 2.59. The van der Waals surface area contributed by atoms with Gasteiger partial charge in [0, 0.05) is 6.61 Å². The molecule has 0 aliphatic heterocycles. The topological polar surface area (TPSA) is 21.3 Å². The summed E-state index contributed by atoms with van der Waals surface area (Å²) in [4.78, 5) is 0. The summed E-state index contributed by atoms with van der Waals surface area (Å²) in [6, 6.07) is 0. The van der Waals surface area contributed by atoms with Crippen LogP contribution in [-0.2, 0) is 4.74 Å². The highest BCUT2D eigenvalue weighted by Gasteiger charge is 2.20. The Morgan fingerprint density at radius 3 is 2.81 bits per heavy atom. The molecular weight excluding hydrogens is 198 g/mol. The molecule has 2 atom stereocenters. The molecule has 1 N–H and O–H groups in total. The van der Waals surface area contributed by atoms with Crippen molar-refractivity contribution in [2.45, 2.75) is 64.4 Å². The lowest BCUT2D eigenvalue weighted by molar-refractivity contribution is 0.0107. The molecule has 0 amide bonds. The molecule has 2 heteroatoms. The van der Waals surface area contributed by atoms with Crippen molar-refractivity contribution in [3.63, 3.8) is 0 Å². The summed E-state index contributed by atoms with van der Waals surface area (Å²) in [6.45, 7) is 4.43. The van der Waals surface area contributed by atoms with Gasteiger partial charge in [0.15, 0.2) is 0 Å². The molecule has 2 unspecified atom stereocenters. The number of nitrogens with one attached hydrogen (secondary N) is 1. The summed E-state index contributed by atoms with van der Waals surface area (Å²) in [5.74, 6) is 0.933. The molecule has 16 heavy (non-hydrogen) atoms. The van der Waals surface area contributed by atoms with Gasteiger partial charge in [0.2, 0.25) is 0 Å². The summed E-state index contributed by atoms with van der Waals surface area (Å²) >= 11 is 0. The van der Waals surface area contributed by atoms with E-state index >= 15 is 0 Å². The Morgan fingerprint density at radius 1 is 1.19 bits per heavy atom. The lowest BCUT2D eigenvalue weighted by Gasteiger charge is -2.28.